The fourth-order valence-electron chi connectivity index (χ4n) is 4.41. The predicted molar refractivity (Wildman–Crippen MR) is 93.3 cm³/mol. The van der Waals surface area contributed by atoms with E-state index in [-0.39, 0.29) is 17.9 Å². The summed E-state index contributed by atoms with van der Waals surface area (Å²) in [5.41, 5.74) is 6.07. The van der Waals surface area contributed by atoms with Crippen molar-refractivity contribution < 1.29 is 9.53 Å². The molecule has 1 aliphatic carbocycles. The van der Waals surface area contributed by atoms with E-state index in [9.17, 15) is 4.79 Å². The lowest BCUT2D eigenvalue weighted by Gasteiger charge is -2.44. The van der Waals surface area contributed by atoms with Crippen LogP contribution in [0.25, 0.3) is 0 Å². The Hall–Kier alpha value is -1.64. The first-order chi connectivity index (χ1) is 11.0. The number of nitrogens with zero attached hydrogens (tertiary/aromatic N) is 1. The molecule has 124 valence electrons. The van der Waals surface area contributed by atoms with E-state index in [4.69, 9.17) is 9.73 Å². The van der Waals surface area contributed by atoms with E-state index >= 15 is 0 Å². The Labute approximate surface area is 139 Å². The lowest BCUT2D eigenvalue weighted by molar-refractivity contribution is -0.141. The molecule has 1 aromatic rings. The molecule has 23 heavy (non-hydrogen) atoms. The maximum absolute atomic E-state index is 12.1. The molecule has 1 aliphatic heterocycles. The van der Waals surface area contributed by atoms with Gasteiger partial charge in [0, 0.05) is 11.5 Å². The van der Waals surface area contributed by atoms with Crippen molar-refractivity contribution in [2.24, 2.45) is 4.99 Å². The van der Waals surface area contributed by atoms with Crippen LogP contribution in [0.5, 0.6) is 0 Å². The SMILES string of the molecule is CCOC(=O)CC1=N[C@]2(C)CCCC[C@H]2c2c(C)ccc(C)c21. The Balaban J connectivity index is 2.12. The van der Waals surface area contributed by atoms with Crippen molar-refractivity contribution in [1.29, 1.82) is 0 Å². The molecule has 3 rings (SSSR count). The van der Waals surface area contributed by atoms with Gasteiger partial charge in [-0.05, 0) is 57.2 Å². The minimum Gasteiger partial charge on any atom is -0.466 e. The molecule has 0 unspecified atom stereocenters. The minimum atomic E-state index is -0.170. The molecular weight excluding hydrogens is 286 g/mol. The average molecular weight is 313 g/mol. The second-order valence-corrected chi connectivity index (χ2v) is 7.18. The highest BCUT2D eigenvalue weighted by Gasteiger charge is 2.43. The van der Waals surface area contributed by atoms with Gasteiger partial charge in [0.1, 0.15) is 0 Å². The molecule has 0 aromatic heterocycles. The summed E-state index contributed by atoms with van der Waals surface area (Å²) in [6.07, 6.45) is 5.09. The van der Waals surface area contributed by atoms with Crippen LogP contribution in [0.3, 0.4) is 0 Å². The van der Waals surface area contributed by atoms with Crippen LogP contribution >= 0.6 is 0 Å². The molecule has 1 aromatic carbocycles. The van der Waals surface area contributed by atoms with Crippen LogP contribution in [0, 0.1) is 13.8 Å². The van der Waals surface area contributed by atoms with Crippen LogP contribution in [-0.4, -0.2) is 23.8 Å². The van der Waals surface area contributed by atoms with Crippen molar-refractivity contribution in [2.45, 2.75) is 71.3 Å². The predicted octanol–water partition coefficient (Wildman–Crippen LogP) is 4.48. The molecule has 0 radical (unpaired) electrons. The van der Waals surface area contributed by atoms with Gasteiger partial charge in [-0.3, -0.25) is 9.79 Å². The highest BCUT2D eigenvalue weighted by Crippen LogP contribution is 2.49. The van der Waals surface area contributed by atoms with Crippen molar-refractivity contribution in [1.82, 2.24) is 0 Å². The number of hydrogen-bond acceptors (Lipinski definition) is 3. The third-order valence-corrected chi connectivity index (χ3v) is 5.49. The zero-order valence-corrected chi connectivity index (χ0v) is 14.7. The van der Waals surface area contributed by atoms with E-state index in [1.807, 2.05) is 6.92 Å². The monoisotopic (exact) mass is 313 g/mol. The lowest BCUT2D eigenvalue weighted by Crippen LogP contribution is -2.40. The van der Waals surface area contributed by atoms with Gasteiger partial charge in [-0.1, -0.05) is 25.0 Å². The van der Waals surface area contributed by atoms with Gasteiger partial charge in [-0.25, -0.2) is 0 Å². The summed E-state index contributed by atoms with van der Waals surface area (Å²) in [6.45, 7) is 8.87. The third-order valence-electron chi connectivity index (χ3n) is 5.49. The molecule has 3 nitrogen and oxygen atoms in total. The summed E-state index contributed by atoms with van der Waals surface area (Å²) < 4.78 is 5.18. The van der Waals surface area contributed by atoms with Crippen LogP contribution in [-0.2, 0) is 9.53 Å². The molecule has 0 amide bonds. The smallest absolute Gasteiger partial charge is 0.311 e. The summed E-state index contributed by atoms with van der Waals surface area (Å²) in [4.78, 5) is 17.2. The van der Waals surface area contributed by atoms with Crippen molar-refractivity contribution >= 4 is 11.7 Å². The van der Waals surface area contributed by atoms with E-state index in [0.717, 1.165) is 12.1 Å². The zero-order valence-electron chi connectivity index (χ0n) is 14.7. The number of benzene rings is 1. The normalized spacial score (nSPS) is 26.1. The van der Waals surface area contributed by atoms with Crippen LogP contribution < -0.4 is 0 Å². The van der Waals surface area contributed by atoms with Crippen molar-refractivity contribution in [3.8, 4) is 0 Å². The van der Waals surface area contributed by atoms with Gasteiger partial charge in [0.25, 0.3) is 0 Å². The second kappa shape index (κ2) is 6.10. The maximum Gasteiger partial charge on any atom is 0.311 e. The third kappa shape index (κ3) is 2.82. The van der Waals surface area contributed by atoms with E-state index in [2.05, 4.69) is 32.9 Å². The first-order valence-electron chi connectivity index (χ1n) is 8.81. The summed E-state index contributed by atoms with van der Waals surface area (Å²) >= 11 is 0. The molecular formula is C20H27NO2. The Bertz CT molecular complexity index is 662. The largest absolute Gasteiger partial charge is 0.466 e. The Morgan fingerprint density at radius 2 is 2.04 bits per heavy atom. The van der Waals surface area contributed by atoms with Gasteiger partial charge >= 0.3 is 5.97 Å². The Morgan fingerprint density at radius 1 is 1.30 bits per heavy atom. The average Bonchev–Trinajstić information content (AvgIpc) is 2.49. The molecule has 3 heteroatoms. The van der Waals surface area contributed by atoms with E-state index in [1.54, 1.807) is 0 Å². The van der Waals surface area contributed by atoms with Gasteiger partial charge in [0.15, 0.2) is 0 Å². The number of ether oxygens (including phenoxy) is 1. The first-order valence-corrected chi connectivity index (χ1v) is 8.81. The van der Waals surface area contributed by atoms with Crippen LogP contribution in [0.15, 0.2) is 17.1 Å². The maximum atomic E-state index is 12.1. The molecule has 0 bridgehead atoms. The Morgan fingerprint density at radius 3 is 2.78 bits per heavy atom. The fraction of sp³-hybridized carbons (Fsp3) is 0.600. The molecule has 1 fully saturated rings. The van der Waals surface area contributed by atoms with E-state index in [1.165, 1.54) is 41.5 Å². The van der Waals surface area contributed by atoms with E-state index in [0.29, 0.717) is 12.5 Å². The first kappa shape index (κ1) is 16.2. The molecule has 0 N–H and O–H groups in total. The number of rotatable bonds is 3. The van der Waals surface area contributed by atoms with Gasteiger partial charge < -0.3 is 4.74 Å². The molecule has 2 aliphatic rings. The molecule has 0 spiro atoms. The topological polar surface area (TPSA) is 38.7 Å². The molecule has 1 heterocycles. The van der Waals surface area contributed by atoms with Crippen molar-refractivity contribution in [3.63, 3.8) is 0 Å². The lowest BCUT2D eigenvalue weighted by atomic mass is 9.66. The van der Waals surface area contributed by atoms with Crippen LogP contribution in [0.4, 0.5) is 0 Å². The van der Waals surface area contributed by atoms with Gasteiger partial charge in [0.05, 0.1) is 24.3 Å². The van der Waals surface area contributed by atoms with E-state index < -0.39 is 0 Å². The molecule has 1 saturated carbocycles. The molecule has 2 atom stereocenters. The zero-order chi connectivity index (χ0) is 16.6. The number of fused-ring (bicyclic) bond motifs is 3. The number of aliphatic imine (C=N–C) groups is 1. The summed E-state index contributed by atoms with van der Waals surface area (Å²) in [7, 11) is 0. The van der Waals surface area contributed by atoms with Crippen molar-refractivity contribution in [2.75, 3.05) is 6.61 Å². The highest BCUT2D eigenvalue weighted by molar-refractivity contribution is 6.12. The standard InChI is InChI=1S/C20H27NO2/c1-5-23-17(22)12-16-19-14(3)10-9-13(2)18(19)15-8-6-7-11-20(15,4)21-16/h9-10,15H,5-8,11-12H2,1-4H3/t15-,20+/m0/s1. The highest BCUT2D eigenvalue weighted by atomic mass is 16.5. The number of hydrogen-bond donors (Lipinski definition) is 0. The quantitative estimate of drug-likeness (QED) is 0.772. The number of carbonyl (C=O) groups is 1. The van der Waals surface area contributed by atoms with Gasteiger partial charge in [-0.15, -0.1) is 0 Å². The number of esters is 1. The summed E-state index contributed by atoms with van der Waals surface area (Å²) in [5.74, 6) is 0.313. The van der Waals surface area contributed by atoms with Gasteiger partial charge in [-0.2, -0.15) is 0 Å². The fourth-order valence-corrected chi connectivity index (χ4v) is 4.41. The van der Waals surface area contributed by atoms with Gasteiger partial charge in [0.2, 0.25) is 0 Å². The minimum absolute atomic E-state index is 0.0639. The summed E-state index contributed by atoms with van der Waals surface area (Å²) in [5, 5.41) is 0. The number of aryl methyl sites for hydroxylation is 2. The number of carbonyl (C=O) groups excluding carboxylic acids is 1. The molecule has 0 saturated heterocycles. The van der Waals surface area contributed by atoms with Crippen LogP contribution in [0.1, 0.15) is 74.1 Å². The van der Waals surface area contributed by atoms with Crippen molar-refractivity contribution in [3.05, 3.63) is 34.4 Å². The van der Waals surface area contributed by atoms with Crippen LogP contribution in [0.2, 0.25) is 0 Å². The Kier molecular flexibility index (Phi) is 4.31. The second-order valence-electron chi connectivity index (χ2n) is 7.18. The summed E-state index contributed by atoms with van der Waals surface area (Å²) in [6, 6.07) is 4.37.